The van der Waals surface area contributed by atoms with Crippen molar-refractivity contribution in [3.05, 3.63) is 11.6 Å². The molecule has 0 saturated carbocycles. The molecule has 5 heteroatoms. The fourth-order valence-electron chi connectivity index (χ4n) is 2.44. The van der Waals surface area contributed by atoms with Gasteiger partial charge in [0.2, 0.25) is 0 Å². The molecular formula is C14H26N4S. The van der Waals surface area contributed by atoms with Crippen LogP contribution in [0.4, 0.5) is 5.13 Å². The molecule has 1 aliphatic heterocycles. The quantitative estimate of drug-likeness (QED) is 0.863. The average Bonchev–Trinajstić information content (AvgIpc) is 2.91. The van der Waals surface area contributed by atoms with Crippen LogP contribution in [0.2, 0.25) is 0 Å². The van der Waals surface area contributed by atoms with Crippen LogP contribution in [-0.2, 0) is 0 Å². The lowest BCUT2D eigenvalue weighted by atomic mass is 10.1. The number of anilines is 1. The molecule has 1 N–H and O–H groups in total. The van der Waals surface area contributed by atoms with Crippen molar-refractivity contribution >= 4 is 16.5 Å². The van der Waals surface area contributed by atoms with Crippen molar-refractivity contribution in [1.82, 2.24) is 15.2 Å². The molecule has 1 aromatic heterocycles. The lowest BCUT2D eigenvalue weighted by Crippen LogP contribution is -2.48. The molecule has 108 valence electrons. The standard InChI is InChI=1S/C14H26N4S/c1-12(2)16-10-13(3)11-17-5-7-18(8-6-17)14-15-4-9-19-14/h4,9,12-13,16H,5-8,10-11H2,1-3H3. The molecule has 0 bridgehead atoms. The largest absolute Gasteiger partial charge is 0.346 e. The molecule has 19 heavy (non-hydrogen) atoms. The van der Waals surface area contributed by atoms with E-state index in [2.05, 4.69) is 46.3 Å². The van der Waals surface area contributed by atoms with Gasteiger partial charge >= 0.3 is 0 Å². The molecule has 2 rings (SSSR count). The number of piperazine rings is 1. The highest BCUT2D eigenvalue weighted by Crippen LogP contribution is 2.19. The van der Waals surface area contributed by atoms with Gasteiger partial charge in [-0.05, 0) is 12.5 Å². The van der Waals surface area contributed by atoms with Crippen molar-refractivity contribution in [2.75, 3.05) is 44.2 Å². The first-order chi connectivity index (χ1) is 9.15. The van der Waals surface area contributed by atoms with Crippen LogP contribution >= 0.6 is 11.3 Å². The van der Waals surface area contributed by atoms with Gasteiger partial charge in [0.1, 0.15) is 0 Å². The highest BCUT2D eigenvalue weighted by molar-refractivity contribution is 7.13. The van der Waals surface area contributed by atoms with Gasteiger partial charge in [-0.2, -0.15) is 0 Å². The van der Waals surface area contributed by atoms with Gasteiger partial charge < -0.3 is 10.2 Å². The van der Waals surface area contributed by atoms with E-state index in [1.165, 1.54) is 11.7 Å². The van der Waals surface area contributed by atoms with Crippen molar-refractivity contribution < 1.29 is 0 Å². The number of aromatic nitrogens is 1. The third kappa shape index (κ3) is 4.75. The van der Waals surface area contributed by atoms with Crippen LogP contribution < -0.4 is 10.2 Å². The van der Waals surface area contributed by atoms with Crippen LogP contribution in [0.5, 0.6) is 0 Å². The summed E-state index contributed by atoms with van der Waals surface area (Å²) in [5, 5.41) is 6.75. The van der Waals surface area contributed by atoms with Crippen LogP contribution in [-0.4, -0.2) is 55.2 Å². The number of nitrogens with zero attached hydrogens (tertiary/aromatic N) is 3. The average molecular weight is 282 g/mol. The van der Waals surface area contributed by atoms with Gasteiger partial charge in [0, 0.05) is 50.3 Å². The molecule has 1 saturated heterocycles. The second-order valence-corrected chi connectivity index (χ2v) is 6.64. The van der Waals surface area contributed by atoms with Crippen molar-refractivity contribution in [3.8, 4) is 0 Å². The highest BCUT2D eigenvalue weighted by Gasteiger charge is 2.19. The molecule has 1 unspecified atom stereocenters. The van der Waals surface area contributed by atoms with Gasteiger partial charge in [0.15, 0.2) is 5.13 Å². The zero-order valence-electron chi connectivity index (χ0n) is 12.3. The summed E-state index contributed by atoms with van der Waals surface area (Å²) in [6.07, 6.45) is 1.89. The van der Waals surface area contributed by atoms with E-state index < -0.39 is 0 Å². The molecule has 4 nitrogen and oxygen atoms in total. The monoisotopic (exact) mass is 282 g/mol. The second kappa shape index (κ2) is 7.22. The van der Waals surface area contributed by atoms with Gasteiger partial charge in [-0.1, -0.05) is 20.8 Å². The maximum atomic E-state index is 4.39. The van der Waals surface area contributed by atoms with E-state index in [1.807, 2.05) is 6.20 Å². The van der Waals surface area contributed by atoms with Crippen LogP contribution in [0.25, 0.3) is 0 Å². The lowest BCUT2D eigenvalue weighted by Gasteiger charge is -2.35. The molecule has 0 amide bonds. The van der Waals surface area contributed by atoms with E-state index in [1.54, 1.807) is 11.3 Å². The Morgan fingerprint density at radius 2 is 2.00 bits per heavy atom. The first kappa shape index (κ1) is 14.8. The minimum atomic E-state index is 0.587. The van der Waals surface area contributed by atoms with E-state index in [-0.39, 0.29) is 0 Å². The zero-order valence-corrected chi connectivity index (χ0v) is 13.1. The van der Waals surface area contributed by atoms with Gasteiger partial charge in [0.05, 0.1) is 0 Å². The Hall–Kier alpha value is -0.650. The fourth-order valence-corrected chi connectivity index (χ4v) is 3.13. The number of nitrogens with one attached hydrogen (secondary N) is 1. The molecule has 1 aliphatic rings. The number of rotatable bonds is 6. The molecule has 0 aliphatic carbocycles. The summed E-state index contributed by atoms with van der Waals surface area (Å²) < 4.78 is 0. The summed E-state index contributed by atoms with van der Waals surface area (Å²) in [5.41, 5.74) is 0. The van der Waals surface area contributed by atoms with Crippen LogP contribution in [0.3, 0.4) is 0 Å². The van der Waals surface area contributed by atoms with Crippen molar-refractivity contribution in [2.45, 2.75) is 26.8 Å². The normalized spacial score (nSPS) is 19.1. The predicted octanol–water partition coefficient (Wildman–Crippen LogP) is 1.90. The summed E-state index contributed by atoms with van der Waals surface area (Å²) in [4.78, 5) is 9.37. The second-order valence-electron chi connectivity index (χ2n) is 5.77. The van der Waals surface area contributed by atoms with E-state index in [0.29, 0.717) is 12.0 Å². The summed E-state index contributed by atoms with van der Waals surface area (Å²) in [5.74, 6) is 0.716. The molecule has 1 aromatic rings. The Balaban J connectivity index is 1.68. The Bertz CT molecular complexity index is 344. The first-order valence-electron chi connectivity index (χ1n) is 7.25. The summed E-state index contributed by atoms with van der Waals surface area (Å²) >= 11 is 1.74. The Morgan fingerprint density at radius 1 is 1.26 bits per heavy atom. The van der Waals surface area contributed by atoms with Gasteiger partial charge in [0.25, 0.3) is 0 Å². The topological polar surface area (TPSA) is 31.4 Å². The Labute approximate surface area is 120 Å². The van der Waals surface area contributed by atoms with Crippen molar-refractivity contribution in [2.24, 2.45) is 5.92 Å². The lowest BCUT2D eigenvalue weighted by molar-refractivity contribution is 0.221. The third-order valence-corrected chi connectivity index (χ3v) is 4.34. The predicted molar refractivity (Wildman–Crippen MR) is 83.1 cm³/mol. The van der Waals surface area contributed by atoms with Crippen molar-refractivity contribution in [3.63, 3.8) is 0 Å². The number of hydrogen-bond acceptors (Lipinski definition) is 5. The van der Waals surface area contributed by atoms with Crippen LogP contribution in [0.1, 0.15) is 20.8 Å². The SMILES string of the molecule is CC(CNC(C)C)CN1CCN(c2nccs2)CC1. The van der Waals surface area contributed by atoms with E-state index >= 15 is 0 Å². The first-order valence-corrected chi connectivity index (χ1v) is 8.13. The van der Waals surface area contributed by atoms with Gasteiger partial charge in [-0.15, -0.1) is 11.3 Å². The fraction of sp³-hybridized carbons (Fsp3) is 0.786. The molecule has 1 fully saturated rings. The van der Waals surface area contributed by atoms with E-state index in [0.717, 1.165) is 32.7 Å². The molecule has 2 heterocycles. The highest BCUT2D eigenvalue weighted by atomic mass is 32.1. The Kier molecular flexibility index (Phi) is 5.60. The minimum absolute atomic E-state index is 0.587. The summed E-state index contributed by atoms with van der Waals surface area (Å²) in [6, 6.07) is 0.587. The maximum Gasteiger partial charge on any atom is 0.185 e. The van der Waals surface area contributed by atoms with Crippen LogP contribution in [0.15, 0.2) is 11.6 Å². The maximum absolute atomic E-state index is 4.39. The third-order valence-electron chi connectivity index (χ3n) is 3.51. The molecular weight excluding hydrogens is 256 g/mol. The number of hydrogen-bond donors (Lipinski definition) is 1. The Morgan fingerprint density at radius 3 is 2.58 bits per heavy atom. The zero-order chi connectivity index (χ0) is 13.7. The molecule has 1 atom stereocenters. The molecule has 0 radical (unpaired) electrons. The smallest absolute Gasteiger partial charge is 0.185 e. The number of thiazole rings is 1. The van der Waals surface area contributed by atoms with Crippen LogP contribution in [0, 0.1) is 5.92 Å². The van der Waals surface area contributed by atoms with E-state index in [4.69, 9.17) is 0 Å². The van der Waals surface area contributed by atoms with E-state index in [9.17, 15) is 0 Å². The molecule has 0 spiro atoms. The summed E-state index contributed by atoms with van der Waals surface area (Å²) in [6.45, 7) is 13.6. The van der Waals surface area contributed by atoms with Gasteiger partial charge in [-0.3, -0.25) is 4.90 Å². The minimum Gasteiger partial charge on any atom is -0.346 e. The van der Waals surface area contributed by atoms with Gasteiger partial charge in [-0.25, -0.2) is 4.98 Å². The molecule has 0 aromatic carbocycles. The summed E-state index contributed by atoms with van der Waals surface area (Å²) in [7, 11) is 0. The van der Waals surface area contributed by atoms with Crippen molar-refractivity contribution in [1.29, 1.82) is 0 Å².